The van der Waals surface area contributed by atoms with Gasteiger partial charge in [-0.1, -0.05) is 12.1 Å². The number of hydrogen-bond donors (Lipinski definition) is 1. The van der Waals surface area contributed by atoms with Crippen LogP contribution < -0.4 is 5.73 Å². The van der Waals surface area contributed by atoms with Gasteiger partial charge in [-0.15, -0.1) is 0 Å². The fourth-order valence-corrected chi connectivity index (χ4v) is 3.01. The Kier molecular flexibility index (Phi) is 4.08. The van der Waals surface area contributed by atoms with Crippen LogP contribution in [0.3, 0.4) is 0 Å². The van der Waals surface area contributed by atoms with Crippen molar-refractivity contribution >= 4 is 11.6 Å². The Balaban J connectivity index is 1.99. The number of morpholine rings is 1. The minimum Gasteiger partial charge on any atom is -0.378 e. The molecule has 1 atom stereocenters. The van der Waals surface area contributed by atoms with Gasteiger partial charge in [-0.25, -0.2) is 0 Å². The highest BCUT2D eigenvalue weighted by Gasteiger charge is 2.35. The van der Waals surface area contributed by atoms with Crippen molar-refractivity contribution in [3.8, 4) is 0 Å². The third-order valence-corrected chi connectivity index (χ3v) is 4.30. The highest BCUT2D eigenvalue weighted by Crippen LogP contribution is 2.37. The third-order valence-electron chi connectivity index (χ3n) is 4.30. The Morgan fingerprint density at radius 2 is 2.23 bits per heavy atom. The van der Waals surface area contributed by atoms with Crippen LogP contribution in [-0.4, -0.2) is 42.0 Å². The molecule has 1 aliphatic heterocycles. The fourth-order valence-electron chi connectivity index (χ4n) is 3.01. The van der Waals surface area contributed by atoms with Crippen LogP contribution in [0.5, 0.6) is 0 Å². The molecule has 1 heterocycles. The minimum absolute atomic E-state index is 0.0422. The predicted octanol–water partition coefficient (Wildman–Crippen LogP) is 1.48. The van der Waals surface area contributed by atoms with Gasteiger partial charge in [0.1, 0.15) is 5.56 Å². The second-order valence-corrected chi connectivity index (χ2v) is 5.89. The average Bonchev–Trinajstić information content (AvgIpc) is 3.31. The van der Waals surface area contributed by atoms with E-state index in [1.165, 1.54) is 18.9 Å². The number of carbonyl (C=O) groups is 1. The highest BCUT2D eigenvalue weighted by atomic mass is 16.6. The lowest BCUT2D eigenvalue weighted by molar-refractivity contribution is -0.386. The van der Waals surface area contributed by atoms with Crippen molar-refractivity contribution < 1.29 is 14.5 Å². The van der Waals surface area contributed by atoms with Gasteiger partial charge in [-0.2, -0.15) is 0 Å². The third kappa shape index (κ3) is 2.95. The smallest absolute Gasteiger partial charge is 0.286 e. The number of nitro benzene ring substituents is 1. The number of rotatable bonds is 5. The molecule has 7 nitrogen and oxygen atoms in total. The van der Waals surface area contributed by atoms with Crippen molar-refractivity contribution in [2.24, 2.45) is 11.7 Å². The maximum Gasteiger partial charge on any atom is 0.286 e. The van der Waals surface area contributed by atoms with Crippen LogP contribution in [-0.2, 0) is 4.74 Å². The van der Waals surface area contributed by atoms with Gasteiger partial charge in [0.05, 0.1) is 29.7 Å². The molecule has 1 unspecified atom stereocenters. The maximum absolute atomic E-state index is 11.5. The summed E-state index contributed by atoms with van der Waals surface area (Å²) in [5.41, 5.74) is 5.57. The van der Waals surface area contributed by atoms with E-state index in [4.69, 9.17) is 10.5 Å². The largest absolute Gasteiger partial charge is 0.378 e. The number of benzene rings is 1. The molecule has 2 fully saturated rings. The van der Waals surface area contributed by atoms with E-state index in [2.05, 4.69) is 4.90 Å². The quantitative estimate of drug-likeness (QED) is 0.656. The van der Waals surface area contributed by atoms with Crippen molar-refractivity contribution in [2.75, 3.05) is 26.3 Å². The summed E-state index contributed by atoms with van der Waals surface area (Å²) in [7, 11) is 0. The molecule has 22 heavy (non-hydrogen) atoms. The lowest BCUT2D eigenvalue weighted by Gasteiger charge is -2.35. The first-order valence-corrected chi connectivity index (χ1v) is 7.47. The van der Waals surface area contributed by atoms with E-state index in [0.29, 0.717) is 24.7 Å². The van der Waals surface area contributed by atoms with Crippen LogP contribution in [0.1, 0.15) is 34.8 Å². The molecule has 1 saturated heterocycles. The molecule has 1 aromatic rings. The number of nitro groups is 1. The van der Waals surface area contributed by atoms with Gasteiger partial charge in [0.2, 0.25) is 0 Å². The first-order chi connectivity index (χ1) is 10.6. The molecule has 1 aliphatic carbocycles. The number of ether oxygens (including phenoxy) is 1. The summed E-state index contributed by atoms with van der Waals surface area (Å²) in [5, 5.41) is 11.5. The lowest BCUT2D eigenvalue weighted by atomic mass is 9.98. The Hall–Kier alpha value is -1.99. The topological polar surface area (TPSA) is 98.7 Å². The molecule has 0 bridgehead atoms. The zero-order chi connectivity index (χ0) is 15.7. The molecule has 0 aromatic heterocycles. The summed E-state index contributed by atoms with van der Waals surface area (Å²) in [6, 6.07) is 4.55. The molecule has 7 heteroatoms. The standard InChI is InChI=1S/C15H19N3O4/c16-15(19)12-3-1-2-11(14(12)18(20)21)13-9-22-7-6-17(13)8-10-4-5-10/h1-3,10,13H,4-9H2,(H2,16,19). The van der Waals surface area contributed by atoms with Crippen molar-refractivity contribution in [2.45, 2.75) is 18.9 Å². The van der Waals surface area contributed by atoms with E-state index in [-0.39, 0.29) is 17.3 Å². The van der Waals surface area contributed by atoms with E-state index in [9.17, 15) is 14.9 Å². The molecule has 0 spiro atoms. The zero-order valence-electron chi connectivity index (χ0n) is 12.2. The summed E-state index contributed by atoms with van der Waals surface area (Å²) in [6.07, 6.45) is 2.43. The summed E-state index contributed by atoms with van der Waals surface area (Å²) in [4.78, 5) is 24.7. The van der Waals surface area contributed by atoms with E-state index in [1.807, 2.05) is 0 Å². The molecule has 1 saturated carbocycles. The Labute approximate surface area is 128 Å². The van der Waals surface area contributed by atoms with Gasteiger partial charge in [-0.3, -0.25) is 19.8 Å². The summed E-state index contributed by atoms with van der Waals surface area (Å²) in [6.45, 7) is 2.70. The summed E-state index contributed by atoms with van der Waals surface area (Å²) in [5.74, 6) is -0.0991. The lowest BCUT2D eigenvalue weighted by Crippen LogP contribution is -2.41. The molecular formula is C15H19N3O4. The first kappa shape index (κ1) is 14.9. The van der Waals surface area contributed by atoms with Crippen LogP contribution in [0.25, 0.3) is 0 Å². The van der Waals surface area contributed by atoms with Crippen LogP contribution in [0, 0.1) is 16.0 Å². The summed E-state index contributed by atoms with van der Waals surface area (Å²) < 4.78 is 5.52. The molecule has 2 aliphatic rings. The van der Waals surface area contributed by atoms with Crippen LogP contribution >= 0.6 is 0 Å². The minimum atomic E-state index is -0.779. The highest BCUT2D eigenvalue weighted by molar-refractivity contribution is 5.97. The fraction of sp³-hybridized carbons (Fsp3) is 0.533. The monoisotopic (exact) mass is 305 g/mol. The maximum atomic E-state index is 11.5. The second-order valence-electron chi connectivity index (χ2n) is 5.89. The Bertz CT molecular complexity index is 600. The number of primary amides is 1. The Morgan fingerprint density at radius 1 is 1.45 bits per heavy atom. The van der Waals surface area contributed by atoms with Crippen molar-refractivity contribution in [3.63, 3.8) is 0 Å². The normalized spacial score (nSPS) is 22.5. The van der Waals surface area contributed by atoms with Gasteiger partial charge in [0.25, 0.3) is 11.6 Å². The molecule has 118 valence electrons. The van der Waals surface area contributed by atoms with E-state index in [1.54, 1.807) is 12.1 Å². The molecule has 2 N–H and O–H groups in total. The van der Waals surface area contributed by atoms with E-state index in [0.717, 1.165) is 13.1 Å². The predicted molar refractivity (Wildman–Crippen MR) is 79.5 cm³/mol. The number of nitrogens with zero attached hydrogens (tertiary/aromatic N) is 2. The zero-order valence-corrected chi connectivity index (χ0v) is 12.2. The van der Waals surface area contributed by atoms with Crippen molar-refractivity contribution in [1.29, 1.82) is 0 Å². The number of nitrogens with two attached hydrogens (primary N) is 1. The van der Waals surface area contributed by atoms with Crippen LogP contribution in [0.4, 0.5) is 5.69 Å². The molecule has 1 amide bonds. The van der Waals surface area contributed by atoms with Crippen LogP contribution in [0.2, 0.25) is 0 Å². The van der Waals surface area contributed by atoms with Crippen LogP contribution in [0.15, 0.2) is 18.2 Å². The van der Waals surface area contributed by atoms with Gasteiger partial charge in [0, 0.05) is 13.1 Å². The Morgan fingerprint density at radius 3 is 2.86 bits per heavy atom. The summed E-state index contributed by atoms with van der Waals surface area (Å²) >= 11 is 0. The van der Waals surface area contributed by atoms with Crippen molar-refractivity contribution in [1.82, 2.24) is 4.90 Å². The SMILES string of the molecule is NC(=O)c1cccc(C2COCCN2CC2CC2)c1[N+](=O)[O-]. The number of amides is 1. The molecule has 0 radical (unpaired) electrons. The number of para-hydroxylation sites is 1. The number of hydrogen-bond acceptors (Lipinski definition) is 5. The second kappa shape index (κ2) is 6.02. The van der Waals surface area contributed by atoms with Gasteiger partial charge >= 0.3 is 0 Å². The van der Waals surface area contributed by atoms with Gasteiger partial charge in [0.15, 0.2) is 0 Å². The van der Waals surface area contributed by atoms with E-state index < -0.39 is 10.8 Å². The number of carbonyl (C=O) groups excluding carboxylic acids is 1. The molecule has 1 aromatic carbocycles. The van der Waals surface area contributed by atoms with E-state index >= 15 is 0 Å². The molecule has 3 rings (SSSR count). The van der Waals surface area contributed by atoms with Crippen molar-refractivity contribution in [3.05, 3.63) is 39.4 Å². The van der Waals surface area contributed by atoms with Gasteiger partial charge < -0.3 is 10.5 Å². The molecular weight excluding hydrogens is 286 g/mol. The average molecular weight is 305 g/mol. The first-order valence-electron chi connectivity index (χ1n) is 7.47. The van der Waals surface area contributed by atoms with Gasteiger partial charge in [-0.05, 0) is 24.8 Å².